The van der Waals surface area contributed by atoms with Crippen LogP contribution in [0.3, 0.4) is 0 Å². The first-order valence-electron chi connectivity index (χ1n) is 21.0. The molecule has 0 aliphatic heterocycles. The Kier molecular flexibility index (Phi) is 9.09. The van der Waals surface area contributed by atoms with Gasteiger partial charge in [0.25, 0.3) is 0 Å². The minimum Gasteiger partial charge on any atom is -0.311 e. The lowest BCUT2D eigenvalue weighted by atomic mass is 9.65. The van der Waals surface area contributed by atoms with Gasteiger partial charge in [-0.2, -0.15) is 0 Å². The third-order valence-electron chi connectivity index (χ3n) is 12.3. The molecule has 10 aromatic carbocycles. The summed E-state index contributed by atoms with van der Waals surface area (Å²) in [4.78, 5) is 2.37. The first-order chi connectivity index (χ1) is 30.3. The summed E-state index contributed by atoms with van der Waals surface area (Å²) < 4.78 is 2.41. The Morgan fingerprint density at radius 1 is 0.295 bits per heavy atom. The Hall–Kier alpha value is -7.94. The van der Waals surface area contributed by atoms with Gasteiger partial charge in [0.2, 0.25) is 0 Å². The minimum atomic E-state index is -0.528. The van der Waals surface area contributed by atoms with Crippen molar-refractivity contribution in [1.29, 1.82) is 0 Å². The summed E-state index contributed by atoms with van der Waals surface area (Å²) in [5.41, 5.74) is 13.5. The summed E-state index contributed by atoms with van der Waals surface area (Å²) in [6.45, 7) is 0. The first kappa shape index (κ1) is 36.2. The number of fused-ring (bicyclic) bond motifs is 5. The number of hydrogen-bond acceptors (Lipinski definition) is 1. The summed E-state index contributed by atoms with van der Waals surface area (Å²) in [6, 6.07) is 92.6. The standard InChI is InChI=1S/C59H42N2/c1-5-17-43(18-6-1)44-29-34-50(35-30-44)60(52-38-40-53(41-39-52)61-56-28-16-15-27-55(56)58-54-26-14-13-19-45(54)31-42-57(58)61)51-36-32-49(33-37-51)59(46-20-7-2-8-21-46,47-22-9-3-10-23-47)48-24-11-4-12-25-48/h1-42H. The van der Waals surface area contributed by atoms with Crippen molar-refractivity contribution in [3.8, 4) is 16.8 Å². The van der Waals surface area contributed by atoms with Gasteiger partial charge < -0.3 is 9.47 Å². The Bertz CT molecular complexity index is 3150. The molecule has 0 bridgehead atoms. The molecule has 2 nitrogen and oxygen atoms in total. The summed E-state index contributed by atoms with van der Waals surface area (Å²) >= 11 is 0. The van der Waals surface area contributed by atoms with Crippen LogP contribution >= 0.6 is 0 Å². The molecule has 0 fully saturated rings. The topological polar surface area (TPSA) is 8.17 Å². The van der Waals surface area contributed by atoms with E-state index in [4.69, 9.17) is 0 Å². The van der Waals surface area contributed by atoms with Gasteiger partial charge in [-0.3, -0.25) is 0 Å². The second-order valence-corrected chi connectivity index (χ2v) is 15.7. The van der Waals surface area contributed by atoms with Crippen molar-refractivity contribution in [2.75, 3.05) is 4.90 Å². The van der Waals surface area contributed by atoms with E-state index in [0.29, 0.717) is 0 Å². The Morgan fingerprint density at radius 2 is 0.721 bits per heavy atom. The molecule has 0 aliphatic carbocycles. The zero-order valence-corrected chi connectivity index (χ0v) is 33.6. The molecular weight excluding hydrogens is 737 g/mol. The number of para-hydroxylation sites is 1. The average Bonchev–Trinajstić information content (AvgIpc) is 3.69. The summed E-state index contributed by atoms with van der Waals surface area (Å²) in [7, 11) is 0. The van der Waals surface area contributed by atoms with Crippen LogP contribution in [0.2, 0.25) is 0 Å². The van der Waals surface area contributed by atoms with Crippen LogP contribution in [0.1, 0.15) is 22.3 Å². The van der Waals surface area contributed by atoms with E-state index in [9.17, 15) is 0 Å². The zero-order chi connectivity index (χ0) is 40.6. The van der Waals surface area contributed by atoms with Crippen LogP contribution in [0.25, 0.3) is 49.4 Å². The number of nitrogens with zero attached hydrogens (tertiary/aromatic N) is 2. The van der Waals surface area contributed by atoms with Crippen LogP contribution < -0.4 is 4.90 Å². The van der Waals surface area contributed by atoms with Crippen LogP contribution in [0.4, 0.5) is 17.1 Å². The van der Waals surface area contributed by atoms with E-state index in [1.807, 2.05) is 0 Å². The SMILES string of the molecule is c1ccc(-c2ccc(N(c3ccc(-n4c5ccccc5c5c6ccccc6ccc54)cc3)c3ccc(C(c4ccccc4)(c4ccccc4)c4ccccc4)cc3)cc2)cc1. The lowest BCUT2D eigenvalue weighted by Crippen LogP contribution is -2.31. The third kappa shape index (κ3) is 6.20. The smallest absolute Gasteiger partial charge is 0.0701 e. The van der Waals surface area contributed by atoms with Crippen molar-refractivity contribution in [3.05, 3.63) is 277 Å². The predicted octanol–water partition coefficient (Wildman–Crippen LogP) is 15.5. The van der Waals surface area contributed by atoms with Gasteiger partial charge in [0.05, 0.1) is 16.4 Å². The van der Waals surface area contributed by atoms with E-state index in [0.717, 1.165) is 22.7 Å². The van der Waals surface area contributed by atoms with Crippen molar-refractivity contribution < 1.29 is 0 Å². The highest BCUT2D eigenvalue weighted by molar-refractivity contribution is 6.21. The maximum Gasteiger partial charge on any atom is 0.0701 e. The summed E-state index contributed by atoms with van der Waals surface area (Å²) in [5.74, 6) is 0. The molecule has 1 aromatic heterocycles. The van der Waals surface area contributed by atoms with E-state index in [2.05, 4.69) is 264 Å². The van der Waals surface area contributed by atoms with Crippen LogP contribution in [-0.4, -0.2) is 4.57 Å². The van der Waals surface area contributed by atoms with Gasteiger partial charge in [-0.05, 0) is 105 Å². The minimum absolute atomic E-state index is 0.528. The molecule has 0 amide bonds. The number of hydrogen-bond donors (Lipinski definition) is 0. The Morgan fingerprint density at radius 3 is 1.30 bits per heavy atom. The molecule has 0 unspecified atom stereocenters. The van der Waals surface area contributed by atoms with Crippen molar-refractivity contribution in [2.24, 2.45) is 0 Å². The summed E-state index contributed by atoms with van der Waals surface area (Å²) in [6.07, 6.45) is 0. The Labute approximate surface area is 356 Å². The quantitative estimate of drug-likeness (QED) is 0.133. The molecule has 11 aromatic rings. The van der Waals surface area contributed by atoms with Gasteiger partial charge in [0.15, 0.2) is 0 Å². The molecule has 0 radical (unpaired) electrons. The molecule has 2 heteroatoms. The van der Waals surface area contributed by atoms with Crippen molar-refractivity contribution in [3.63, 3.8) is 0 Å². The Balaban J connectivity index is 1.06. The first-order valence-corrected chi connectivity index (χ1v) is 21.0. The van der Waals surface area contributed by atoms with Gasteiger partial charge in [-0.15, -0.1) is 0 Å². The highest BCUT2D eigenvalue weighted by atomic mass is 15.1. The maximum atomic E-state index is 2.41. The van der Waals surface area contributed by atoms with Gasteiger partial charge in [0, 0.05) is 33.5 Å². The van der Waals surface area contributed by atoms with Crippen LogP contribution in [-0.2, 0) is 5.41 Å². The summed E-state index contributed by atoms with van der Waals surface area (Å²) in [5, 5.41) is 5.07. The van der Waals surface area contributed by atoms with E-state index < -0.39 is 5.41 Å². The molecule has 0 spiro atoms. The molecule has 61 heavy (non-hydrogen) atoms. The highest BCUT2D eigenvalue weighted by Gasteiger charge is 2.38. The fourth-order valence-corrected chi connectivity index (χ4v) is 9.57. The fraction of sp³-hybridized carbons (Fsp3) is 0.0169. The average molecular weight is 779 g/mol. The lowest BCUT2D eigenvalue weighted by molar-refractivity contribution is 0.745. The van der Waals surface area contributed by atoms with Crippen molar-refractivity contribution in [2.45, 2.75) is 5.41 Å². The monoisotopic (exact) mass is 778 g/mol. The normalized spacial score (nSPS) is 11.6. The van der Waals surface area contributed by atoms with Gasteiger partial charge in [0.1, 0.15) is 0 Å². The van der Waals surface area contributed by atoms with Gasteiger partial charge in [-0.1, -0.05) is 194 Å². The molecule has 1 heterocycles. The van der Waals surface area contributed by atoms with Gasteiger partial charge >= 0.3 is 0 Å². The molecule has 0 saturated carbocycles. The number of benzene rings is 10. The molecule has 0 N–H and O–H groups in total. The van der Waals surface area contributed by atoms with E-state index in [1.165, 1.54) is 66.0 Å². The fourth-order valence-electron chi connectivity index (χ4n) is 9.57. The second kappa shape index (κ2) is 15.3. The van der Waals surface area contributed by atoms with Crippen LogP contribution in [0.5, 0.6) is 0 Å². The lowest BCUT2D eigenvalue weighted by Gasteiger charge is -2.37. The molecule has 0 aliphatic rings. The predicted molar refractivity (Wildman–Crippen MR) is 257 cm³/mol. The van der Waals surface area contributed by atoms with Crippen molar-refractivity contribution in [1.82, 2.24) is 4.57 Å². The van der Waals surface area contributed by atoms with Gasteiger partial charge in [-0.25, -0.2) is 0 Å². The van der Waals surface area contributed by atoms with E-state index >= 15 is 0 Å². The molecule has 288 valence electrons. The van der Waals surface area contributed by atoms with Crippen LogP contribution in [0.15, 0.2) is 255 Å². The molecule has 11 rings (SSSR count). The third-order valence-corrected chi connectivity index (χ3v) is 12.3. The van der Waals surface area contributed by atoms with Crippen LogP contribution in [0, 0.1) is 0 Å². The molecule has 0 atom stereocenters. The number of aromatic nitrogens is 1. The number of anilines is 3. The highest BCUT2D eigenvalue weighted by Crippen LogP contribution is 2.46. The van der Waals surface area contributed by atoms with Crippen molar-refractivity contribution >= 4 is 49.6 Å². The zero-order valence-electron chi connectivity index (χ0n) is 33.6. The van der Waals surface area contributed by atoms with E-state index in [1.54, 1.807) is 0 Å². The molecule has 0 saturated heterocycles. The number of rotatable bonds is 9. The molecular formula is C59H42N2. The second-order valence-electron chi connectivity index (χ2n) is 15.7. The maximum absolute atomic E-state index is 2.41. The van der Waals surface area contributed by atoms with E-state index in [-0.39, 0.29) is 0 Å². The largest absolute Gasteiger partial charge is 0.311 e.